The molecule has 120 valence electrons. The molecule has 1 amide bonds. The number of sulfonamides is 1. The van der Waals surface area contributed by atoms with Crippen LogP contribution in [-0.4, -0.2) is 31.7 Å². The summed E-state index contributed by atoms with van der Waals surface area (Å²) in [5, 5.41) is 2.82. The van der Waals surface area contributed by atoms with Crippen molar-refractivity contribution in [3.63, 3.8) is 0 Å². The number of hydrogen-bond acceptors (Lipinski definition) is 3. The zero-order chi connectivity index (χ0) is 15.7. The van der Waals surface area contributed by atoms with Crippen LogP contribution >= 0.6 is 0 Å². The van der Waals surface area contributed by atoms with Gasteiger partial charge in [0.1, 0.15) is 0 Å². The van der Waals surface area contributed by atoms with Gasteiger partial charge in [0.05, 0.1) is 4.90 Å². The first-order chi connectivity index (χ1) is 10.5. The Bertz CT molecular complexity index is 650. The predicted octanol–water partition coefficient (Wildman–Crippen LogP) is 2.46. The highest BCUT2D eigenvalue weighted by molar-refractivity contribution is 7.89. The molecule has 0 radical (unpaired) electrons. The van der Waals surface area contributed by atoms with Gasteiger partial charge in [-0.1, -0.05) is 6.92 Å². The van der Waals surface area contributed by atoms with Crippen LogP contribution < -0.4 is 5.32 Å². The largest absolute Gasteiger partial charge is 0.326 e. The maximum atomic E-state index is 12.6. The van der Waals surface area contributed by atoms with Crippen LogP contribution in [0.15, 0.2) is 29.2 Å². The first-order valence-electron chi connectivity index (χ1n) is 7.88. The highest BCUT2D eigenvalue weighted by Gasteiger charge is 2.30. The molecule has 5 nitrogen and oxygen atoms in total. The molecule has 2 aliphatic rings. The minimum atomic E-state index is -3.42. The van der Waals surface area contributed by atoms with Crippen molar-refractivity contribution in [3.8, 4) is 0 Å². The van der Waals surface area contributed by atoms with Crippen LogP contribution in [0.2, 0.25) is 0 Å². The predicted molar refractivity (Wildman–Crippen MR) is 85.0 cm³/mol. The standard InChI is InChI=1S/C16H22N2O3S/c1-12-3-2-10-18(11-12)22(20,21)15-8-6-14(7-9-15)17-16(19)13-4-5-13/h6-9,12-13H,2-5,10-11H2,1H3,(H,17,19). The summed E-state index contributed by atoms with van der Waals surface area (Å²) in [6.07, 6.45) is 3.89. The molecular weight excluding hydrogens is 300 g/mol. The van der Waals surface area contributed by atoms with E-state index < -0.39 is 10.0 Å². The Morgan fingerprint density at radius 3 is 2.45 bits per heavy atom. The molecule has 2 fully saturated rings. The maximum absolute atomic E-state index is 12.6. The molecule has 3 rings (SSSR count). The Morgan fingerprint density at radius 2 is 1.86 bits per heavy atom. The number of benzene rings is 1. The molecule has 22 heavy (non-hydrogen) atoms. The average Bonchev–Trinajstić information content (AvgIpc) is 3.32. The van der Waals surface area contributed by atoms with Crippen molar-refractivity contribution in [2.75, 3.05) is 18.4 Å². The van der Waals surface area contributed by atoms with Gasteiger partial charge in [0.15, 0.2) is 0 Å². The van der Waals surface area contributed by atoms with E-state index in [9.17, 15) is 13.2 Å². The lowest BCUT2D eigenvalue weighted by atomic mass is 10.0. The third-order valence-corrected chi connectivity index (χ3v) is 6.21. The molecular formula is C16H22N2O3S. The quantitative estimate of drug-likeness (QED) is 0.926. The Labute approximate surface area is 131 Å². The smallest absolute Gasteiger partial charge is 0.243 e. The number of hydrogen-bond donors (Lipinski definition) is 1. The lowest BCUT2D eigenvalue weighted by molar-refractivity contribution is -0.117. The van der Waals surface area contributed by atoms with Gasteiger partial charge in [0.25, 0.3) is 0 Å². The van der Waals surface area contributed by atoms with Crippen molar-refractivity contribution in [3.05, 3.63) is 24.3 Å². The lowest BCUT2D eigenvalue weighted by Gasteiger charge is -2.30. The number of rotatable bonds is 4. The zero-order valence-electron chi connectivity index (χ0n) is 12.8. The van der Waals surface area contributed by atoms with E-state index in [1.165, 1.54) is 0 Å². The summed E-state index contributed by atoms with van der Waals surface area (Å²) >= 11 is 0. The van der Waals surface area contributed by atoms with Gasteiger partial charge < -0.3 is 5.32 Å². The van der Waals surface area contributed by atoms with Crippen LogP contribution in [0, 0.1) is 11.8 Å². The Morgan fingerprint density at radius 1 is 1.18 bits per heavy atom. The molecule has 0 aromatic heterocycles. The van der Waals surface area contributed by atoms with Gasteiger partial charge >= 0.3 is 0 Å². The maximum Gasteiger partial charge on any atom is 0.243 e. The molecule has 1 heterocycles. The number of anilines is 1. The fourth-order valence-electron chi connectivity index (χ4n) is 2.81. The van der Waals surface area contributed by atoms with Crippen molar-refractivity contribution in [1.29, 1.82) is 0 Å². The Hall–Kier alpha value is -1.40. The Balaban J connectivity index is 1.72. The first kappa shape index (κ1) is 15.5. The molecule has 0 spiro atoms. The van der Waals surface area contributed by atoms with E-state index in [0.717, 1.165) is 25.7 Å². The van der Waals surface area contributed by atoms with E-state index in [2.05, 4.69) is 12.2 Å². The third-order valence-electron chi connectivity index (χ3n) is 4.33. The molecule has 1 saturated heterocycles. The second-order valence-electron chi connectivity index (χ2n) is 6.40. The summed E-state index contributed by atoms with van der Waals surface area (Å²) in [5.41, 5.74) is 0.655. The van der Waals surface area contributed by atoms with Crippen molar-refractivity contribution in [1.82, 2.24) is 4.31 Å². The van der Waals surface area contributed by atoms with Gasteiger partial charge in [-0.15, -0.1) is 0 Å². The van der Waals surface area contributed by atoms with Crippen LogP contribution in [0.3, 0.4) is 0 Å². The minimum Gasteiger partial charge on any atom is -0.326 e. The second-order valence-corrected chi connectivity index (χ2v) is 8.34. The molecule has 0 bridgehead atoms. The molecule has 1 N–H and O–H groups in total. The summed E-state index contributed by atoms with van der Waals surface area (Å²) in [7, 11) is -3.42. The molecule has 1 aromatic rings. The zero-order valence-corrected chi connectivity index (χ0v) is 13.6. The van der Waals surface area contributed by atoms with E-state index >= 15 is 0 Å². The number of carbonyl (C=O) groups excluding carboxylic acids is 1. The fraction of sp³-hybridized carbons (Fsp3) is 0.562. The molecule has 1 atom stereocenters. The fourth-order valence-corrected chi connectivity index (χ4v) is 4.41. The topological polar surface area (TPSA) is 66.5 Å². The van der Waals surface area contributed by atoms with Crippen LogP contribution in [-0.2, 0) is 14.8 Å². The lowest BCUT2D eigenvalue weighted by Crippen LogP contribution is -2.39. The van der Waals surface area contributed by atoms with E-state index in [1.54, 1.807) is 28.6 Å². The summed E-state index contributed by atoms with van der Waals surface area (Å²) in [6.45, 7) is 3.26. The van der Waals surface area contributed by atoms with Crippen molar-refractivity contribution in [2.24, 2.45) is 11.8 Å². The van der Waals surface area contributed by atoms with Gasteiger partial charge in [-0.2, -0.15) is 4.31 Å². The van der Waals surface area contributed by atoms with Crippen LogP contribution in [0.1, 0.15) is 32.6 Å². The summed E-state index contributed by atoms with van der Waals surface area (Å²) in [6, 6.07) is 6.50. The molecule has 1 saturated carbocycles. The highest BCUT2D eigenvalue weighted by atomic mass is 32.2. The van der Waals surface area contributed by atoms with Gasteiger partial charge in [0.2, 0.25) is 15.9 Å². The summed E-state index contributed by atoms with van der Waals surface area (Å²) < 4.78 is 26.8. The van der Waals surface area contributed by atoms with Crippen molar-refractivity contribution < 1.29 is 13.2 Å². The molecule has 1 aromatic carbocycles. The van der Waals surface area contributed by atoms with Crippen LogP contribution in [0.5, 0.6) is 0 Å². The SMILES string of the molecule is CC1CCCN(S(=O)(=O)c2ccc(NC(=O)C3CC3)cc2)C1. The van der Waals surface area contributed by atoms with Crippen molar-refractivity contribution >= 4 is 21.6 Å². The molecule has 6 heteroatoms. The number of nitrogens with zero attached hydrogens (tertiary/aromatic N) is 1. The number of nitrogens with one attached hydrogen (secondary N) is 1. The van der Waals surface area contributed by atoms with E-state index in [0.29, 0.717) is 29.6 Å². The number of amides is 1. The van der Waals surface area contributed by atoms with Gasteiger partial charge in [-0.05, 0) is 55.9 Å². The van der Waals surface area contributed by atoms with Crippen LogP contribution in [0.25, 0.3) is 0 Å². The highest BCUT2D eigenvalue weighted by Crippen LogP contribution is 2.30. The van der Waals surface area contributed by atoms with Crippen LogP contribution in [0.4, 0.5) is 5.69 Å². The normalized spacial score (nSPS) is 23.2. The first-order valence-corrected chi connectivity index (χ1v) is 9.32. The average molecular weight is 322 g/mol. The third kappa shape index (κ3) is 3.33. The minimum absolute atomic E-state index is 0.0282. The number of carbonyl (C=O) groups is 1. The monoisotopic (exact) mass is 322 g/mol. The van der Waals surface area contributed by atoms with E-state index in [1.807, 2.05) is 0 Å². The van der Waals surface area contributed by atoms with Crippen molar-refractivity contribution in [2.45, 2.75) is 37.5 Å². The van der Waals surface area contributed by atoms with E-state index in [4.69, 9.17) is 0 Å². The molecule has 1 unspecified atom stereocenters. The molecule has 1 aliphatic carbocycles. The summed E-state index contributed by atoms with van der Waals surface area (Å²) in [5.74, 6) is 0.569. The van der Waals surface area contributed by atoms with Gasteiger partial charge in [0, 0.05) is 24.7 Å². The second kappa shape index (κ2) is 6.01. The summed E-state index contributed by atoms with van der Waals surface area (Å²) in [4.78, 5) is 12.0. The van der Waals surface area contributed by atoms with Gasteiger partial charge in [-0.3, -0.25) is 4.79 Å². The molecule has 1 aliphatic heterocycles. The number of piperidine rings is 1. The Kier molecular flexibility index (Phi) is 4.23. The van der Waals surface area contributed by atoms with E-state index in [-0.39, 0.29) is 11.8 Å². The van der Waals surface area contributed by atoms with Gasteiger partial charge in [-0.25, -0.2) is 8.42 Å².